The van der Waals surface area contributed by atoms with Gasteiger partial charge in [-0.05, 0) is 12.8 Å². The number of esters is 2. The summed E-state index contributed by atoms with van der Waals surface area (Å²) in [6, 6.07) is 0. The van der Waals surface area contributed by atoms with Crippen LogP contribution in [0.2, 0.25) is 0 Å². The summed E-state index contributed by atoms with van der Waals surface area (Å²) in [5, 5.41) is 8.50. The predicted octanol–water partition coefficient (Wildman–Crippen LogP) is 0.272. The van der Waals surface area contributed by atoms with E-state index in [-0.39, 0.29) is 32.7 Å². The molecule has 0 amide bonds. The Morgan fingerprint density at radius 1 is 0.941 bits per heavy atom. The van der Waals surface area contributed by atoms with E-state index in [2.05, 4.69) is 0 Å². The van der Waals surface area contributed by atoms with Crippen LogP contribution >= 0.6 is 0 Å². The molecule has 0 aliphatic carbocycles. The molecule has 100 valence electrons. The van der Waals surface area contributed by atoms with Gasteiger partial charge in [0, 0.05) is 13.7 Å². The van der Waals surface area contributed by atoms with Crippen LogP contribution in [0.3, 0.4) is 0 Å². The molecule has 6 heteroatoms. The molecule has 6 nitrogen and oxygen atoms in total. The molecule has 0 atom stereocenters. The van der Waals surface area contributed by atoms with Crippen LogP contribution in [0.1, 0.15) is 25.7 Å². The van der Waals surface area contributed by atoms with Crippen LogP contribution in [0.4, 0.5) is 0 Å². The lowest BCUT2D eigenvalue weighted by atomic mass is 10.3. The van der Waals surface area contributed by atoms with Crippen molar-refractivity contribution in [2.45, 2.75) is 25.7 Å². The van der Waals surface area contributed by atoms with Gasteiger partial charge in [-0.15, -0.1) is 0 Å². The molecular weight excluding hydrogens is 228 g/mol. The molecule has 0 radical (unpaired) electrons. The normalized spacial score (nSPS) is 10.0. The zero-order chi connectivity index (χ0) is 12.9. The molecule has 0 saturated carbocycles. The van der Waals surface area contributed by atoms with Gasteiger partial charge in [-0.25, -0.2) is 0 Å². The first kappa shape index (κ1) is 15.9. The summed E-state index contributed by atoms with van der Waals surface area (Å²) in [5.41, 5.74) is 0. The van der Waals surface area contributed by atoms with E-state index < -0.39 is 11.9 Å². The van der Waals surface area contributed by atoms with Gasteiger partial charge in [0.2, 0.25) is 0 Å². The minimum Gasteiger partial charge on any atom is -0.466 e. The van der Waals surface area contributed by atoms with Crippen LogP contribution < -0.4 is 0 Å². The number of unbranched alkanes of at least 4 members (excludes halogenated alkanes) is 1. The topological polar surface area (TPSA) is 82.1 Å². The molecule has 0 aliphatic heterocycles. The third-order valence-electron chi connectivity index (χ3n) is 1.90. The van der Waals surface area contributed by atoms with Crippen LogP contribution in [0.25, 0.3) is 0 Å². The molecule has 1 N–H and O–H groups in total. The van der Waals surface area contributed by atoms with Crippen molar-refractivity contribution in [2.75, 3.05) is 33.5 Å². The molecule has 0 aromatic carbocycles. The van der Waals surface area contributed by atoms with Crippen molar-refractivity contribution in [2.24, 2.45) is 0 Å². The number of carbonyl (C=O) groups is 2. The summed E-state index contributed by atoms with van der Waals surface area (Å²) < 4.78 is 14.3. The summed E-state index contributed by atoms with van der Waals surface area (Å²) in [5.74, 6) is -0.860. The molecule has 0 unspecified atom stereocenters. The van der Waals surface area contributed by atoms with Crippen molar-refractivity contribution in [1.29, 1.82) is 0 Å². The predicted molar refractivity (Wildman–Crippen MR) is 59.3 cm³/mol. The maximum Gasteiger partial charge on any atom is 0.306 e. The third kappa shape index (κ3) is 11.1. The zero-order valence-corrected chi connectivity index (χ0v) is 10.1. The average molecular weight is 248 g/mol. The van der Waals surface area contributed by atoms with Crippen LogP contribution in [-0.2, 0) is 23.8 Å². The van der Waals surface area contributed by atoms with E-state index in [9.17, 15) is 9.59 Å². The standard InChI is InChI=1S/C11H20O6/c1-15-8-9-17-11(14)5-4-10(13)16-7-3-2-6-12/h12H,2-9H2,1H3. The highest BCUT2D eigenvalue weighted by molar-refractivity contribution is 5.77. The summed E-state index contributed by atoms with van der Waals surface area (Å²) in [7, 11) is 1.51. The molecule has 0 saturated heterocycles. The van der Waals surface area contributed by atoms with E-state index in [1.165, 1.54) is 7.11 Å². The summed E-state index contributed by atoms with van der Waals surface area (Å²) >= 11 is 0. The highest BCUT2D eigenvalue weighted by atomic mass is 16.6. The molecule has 0 spiro atoms. The van der Waals surface area contributed by atoms with E-state index in [0.29, 0.717) is 19.4 Å². The Balaban J connectivity index is 3.39. The van der Waals surface area contributed by atoms with Crippen molar-refractivity contribution in [1.82, 2.24) is 0 Å². The van der Waals surface area contributed by atoms with Crippen molar-refractivity contribution < 1.29 is 28.9 Å². The van der Waals surface area contributed by atoms with Crippen LogP contribution in [0, 0.1) is 0 Å². The minimum atomic E-state index is -0.436. The fourth-order valence-electron chi connectivity index (χ4n) is 0.987. The first-order valence-corrected chi connectivity index (χ1v) is 5.61. The molecule has 0 aliphatic rings. The first-order chi connectivity index (χ1) is 8.20. The number of rotatable bonds is 10. The fraction of sp³-hybridized carbons (Fsp3) is 0.818. The molecule has 0 aromatic rings. The monoisotopic (exact) mass is 248 g/mol. The maximum atomic E-state index is 11.1. The lowest BCUT2D eigenvalue weighted by Crippen LogP contribution is -2.13. The van der Waals surface area contributed by atoms with Crippen molar-refractivity contribution in [3.63, 3.8) is 0 Å². The average Bonchev–Trinajstić information content (AvgIpc) is 2.32. The van der Waals surface area contributed by atoms with Gasteiger partial charge < -0.3 is 19.3 Å². The van der Waals surface area contributed by atoms with Crippen LogP contribution in [-0.4, -0.2) is 50.6 Å². The Labute approximate surface area is 101 Å². The Kier molecular flexibility index (Phi) is 10.6. The Morgan fingerprint density at radius 3 is 2.06 bits per heavy atom. The van der Waals surface area contributed by atoms with E-state index in [0.717, 1.165) is 0 Å². The van der Waals surface area contributed by atoms with Crippen molar-refractivity contribution in [3.05, 3.63) is 0 Å². The quantitative estimate of drug-likeness (QED) is 0.441. The molecular formula is C11H20O6. The van der Waals surface area contributed by atoms with E-state index in [1.54, 1.807) is 0 Å². The third-order valence-corrected chi connectivity index (χ3v) is 1.90. The minimum absolute atomic E-state index is 0.0164. The highest BCUT2D eigenvalue weighted by Gasteiger charge is 2.08. The van der Waals surface area contributed by atoms with Crippen molar-refractivity contribution in [3.8, 4) is 0 Å². The maximum absolute atomic E-state index is 11.1. The second-order valence-corrected chi connectivity index (χ2v) is 3.36. The lowest BCUT2D eigenvalue weighted by Gasteiger charge is -2.05. The van der Waals surface area contributed by atoms with E-state index in [4.69, 9.17) is 19.3 Å². The SMILES string of the molecule is COCCOC(=O)CCC(=O)OCCCCO. The van der Waals surface area contributed by atoms with Gasteiger partial charge in [-0.2, -0.15) is 0 Å². The number of aliphatic hydroxyl groups is 1. The van der Waals surface area contributed by atoms with Gasteiger partial charge in [0.25, 0.3) is 0 Å². The second-order valence-electron chi connectivity index (χ2n) is 3.36. The number of ether oxygens (including phenoxy) is 3. The smallest absolute Gasteiger partial charge is 0.306 e. The highest BCUT2D eigenvalue weighted by Crippen LogP contribution is 1.97. The van der Waals surface area contributed by atoms with Gasteiger partial charge in [0.1, 0.15) is 6.61 Å². The lowest BCUT2D eigenvalue weighted by molar-refractivity contribution is -0.151. The molecule has 0 bridgehead atoms. The summed E-state index contributed by atoms with van der Waals surface area (Å²) in [6.07, 6.45) is 1.26. The Morgan fingerprint density at radius 2 is 1.53 bits per heavy atom. The first-order valence-electron chi connectivity index (χ1n) is 5.61. The van der Waals surface area contributed by atoms with Gasteiger partial charge in [0.05, 0.1) is 26.1 Å². The van der Waals surface area contributed by atoms with Crippen LogP contribution in [0.15, 0.2) is 0 Å². The summed E-state index contributed by atoms with van der Waals surface area (Å²) in [4.78, 5) is 22.2. The summed E-state index contributed by atoms with van der Waals surface area (Å²) in [6.45, 7) is 0.902. The molecule has 0 rings (SSSR count). The van der Waals surface area contributed by atoms with E-state index >= 15 is 0 Å². The second kappa shape index (κ2) is 11.3. The Bertz CT molecular complexity index is 216. The van der Waals surface area contributed by atoms with Gasteiger partial charge >= 0.3 is 11.9 Å². The molecule has 17 heavy (non-hydrogen) atoms. The number of methoxy groups -OCH3 is 1. The largest absolute Gasteiger partial charge is 0.466 e. The number of carbonyl (C=O) groups excluding carboxylic acids is 2. The van der Waals surface area contributed by atoms with Gasteiger partial charge in [-0.1, -0.05) is 0 Å². The molecule has 0 aromatic heterocycles. The van der Waals surface area contributed by atoms with Gasteiger partial charge in [-0.3, -0.25) is 9.59 Å². The molecule has 0 heterocycles. The Hall–Kier alpha value is -1.14. The molecule has 0 fully saturated rings. The number of aliphatic hydroxyl groups excluding tert-OH is 1. The number of hydrogen-bond donors (Lipinski definition) is 1. The van der Waals surface area contributed by atoms with Crippen molar-refractivity contribution >= 4 is 11.9 Å². The zero-order valence-electron chi connectivity index (χ0n) is 10.1. The van der Waals surface area contributed by atoms with Gasteiger partial charge in [0.15, 0.2) is 0 Å². The fourth-order valence-corrected chi connectivity index (χ4v) is 0.987. The number of hydrogen-bond acceptors (Lipinski definition) is 6. The van der Waals surface area contributed by atoms with Crippen LogP contribution in [0.5, 0.6) is 0 Å². The van der Waals surface area contributed by atoms with E-state index in [1.807, 2.05) is 0 Å².